The van der Waals surface area contributed by atoms with Crippen LogP contribution >= 0.6 is 0 Å². The molecule has 1 aliphatic carbocycles. The Balaban J connectivity index is 1.57. The zero-order chi connectivity index (χ0) is 17.7. The fraction of sp³-hybridized carbons (Fsp3) is 0.238. The molecule has 0 atom stereocenters. The zero-order valence-corrected chi connectivity index (χ0v) is 14.7. The normalized spacial score (nSPS) is 15.3. The lowest BCUT2D eigenvalue weighted by molar-refractivity contribution is 0.359. The molecule has 0 unspecified atom stereocenters. The van der Waals surface area contributed by atoms with Crippen molar-refractivity contribution in [3.8, 4) is 17.3 Å². The van der Waals surface area contributed by atoms with Crippen LogP contribution in [0.15, 0.2) is 57.5 Å². The summed E-state index contributed by atoms with van der Waals surface area (Å²) >= 11 is 0. The van der Waals surface area contributed by atoms with Gasteiger partial charge in [0.05, 0.1) is 12.5 Å². The largest absolute Gasteiger partial charge is 0.497 e. The van der Waals surface area contributed by atoms with Gasteiger partial charge in [-0.05, 0) is 43.5 Å². The van der Waals surface area contributed by atoms with Crippen molar-refractivity contribution >= 4 is 11.0 Å². The van der Waals surface area contributed by atoms with E-state index in [2.05, 4.69) is 22.3 Å². The Morgan fingerprint density at radius 1 is 1.08 bits per heavy atom. The topological polar surface area (TPSA) is 61.3 Å². The molecule has 130 valence electrons. The van der Waals surface area contributed by atoms with Gasteiger partial charge in [-0.2, -0.15) is 4.98 Å². The second-order valence-corrected chi connectivity index (χ2v) is 6.79. The molecule has 2 aromatic heterocycles. The number of nitrogens with zero attached hydrogens (tertiary/aromatic N) is 2. The lowest BCUT2D eigenvalue weighted by Crippen LogP contribution is -2.08. The lowest BCUT2D eigenvalue weighted by atomic mass is 9.96. The van der Waals surface area contributed by atoms with Gasteiger partial charge in [0.25, 0.3) is 0 Å². The highest BCUT2D eigenvalue weighted by Gasteiger charge is 2.51. The minimum Gasteiger partial charge on any atom is -0.497 e. The van der Waals surface area contributed by atoms with Crippen LogP contribution in [0.2, 0.25) is 0 Å². The number of ether oxygens (including phenoxy) is 1. The summed E-state index contributed by atoms with van der Waals surface area (Å²) in [6, 6.07) is 16.1. The van der Waals surface area contributed by atoms with Gasteiger partial charge in [0.1, 0.15) is 11.3 Å². The molecule has 2 aromatic carbocycles. The number of hydrogen-bond acceptors (Lipinski definition) is 5. The maximum atomic E-state index is 6.00. The van der Waals surface area contributed by atoms with Crippen molar-refractivity contribution in [2.45, 2.75) is 25.2 Å². The molecule has 1 fully saturated rings. The highest BCUT2D eigenvalue weighted by molar-refractivity contribution is 5.87. The van der Waals surface area contributed by atoms with Crippen LogP contribution in [0.4, 0.5) is 0 Å². The molecule has 5 heteroatoms. The molecule has 0 bridgehead atoms. The highest BCUT2D eigenvalue weighted by atomic mass is 16.5. The standard InChI is InChI=1S/C21H18N2O3/c1-13-16-12-15(24-2)8-9-17(16)25-18(13)19-22-20(26-23-19)21(10-11-21)14-6-4-3-5-7-14/h3-9,12H,10-11H2,1-2H3. The summed E-state index contributed by atoms with van der Waals surface area (Å²) in [5.74, 6) is 2.60. The Kier molecular flexibility index (Phi) is 3.19. The van der Waals surface area contributed by atoms with E-state index in [0.717, 1.165) is 35.1 Å². The van der Waals surface area contributed by atoms with Crippen molar-refractivity contribution in [3.05, 3.63) is 65.5 Å². The summed E-state index contributed by atoms with van der Waals surface area (Å²) in [6.07, 6.45) is 2.05. The number of aromatic nitrogens is 2. The van der Waals surface area contributed by atoms with Gasteiger partial charge in [-0.3, -0.25) is 0 Å². The lowest BCUT2D eigenvalue weighted by Gasteiger charge is -2.09. The van der Waals surface area contributed by atoms with Crippen LogP contribution in [-0.2, 0) is 5.41 Å². The number of rotatable bonds is 4. The van der Waals surface area contributed by atoms with Gasteiger partial charge in [0.15, 0.2) is 5.76 Å². The fourth-order valence-corrected chi connectivity index (χ4v) is 3.56. The predicted octanol–water partition coefficient (Wildman–Crippen LogP) is 4.88. The van der Waals surface area contributed by atoms with Crippen LogP contribution < -0.4 is 4.74 Å². The summed E-state index contributed by atoms with van der Waals surface area (Å²) in [5.41, 5.74) is 2.85. The van der Waals surface area contributed by atoms with Gasteiger partial charge in [-0.15, -0.1) is 0 Å². The Bertz CT molecular complexity index is 1090. The SMILES string of the molecule is COc1ccc2oc(-c3noc(C4(c5ccccc5)CC4)n3)c(C)c2c1. The van der Waals surface area contributed by atoms with E-state index in [0.29, 0.717) is 17.5 Å². The smallest absolute Gasteiger partial charge is 0.238 e. The summed E-state index contributed by atoms with van der Waals surface area (Å²) in [7, 11) is 1.65. The number of benzene rings is 2. The van der Waals surface area contributed by atoms with Crippen molar-refractivity contribution in [2.24, 2.45) is 0 Å². The van der Waals surface area contributed by atoms with E-state index in [1.807, 2.05) is 43.3 Å². The van der Waals surface area contributed by atoms with E-state index < -0.39 is 0 Å². The molecule has 5 nitrogen and oxygen atoms in total. The van der Waals surface area contributed by atoms with Crippen LogP contribution in [0.3, 0.4) is 0 Å². The van der Waals surface area contributed by atoms with E-state index in [1.165, 1.54) is 5.56 Å². The molecule has 1 saturated carbocycles. The van der Waals surface area contributed by atoms with E-state index >= 15 is 0 Å². The van der Waals surface area contributed by atoms with Gasteiger partial charge in [-0.1, -0.05) is 35.5 Å². The highest BCUT2D eigenvalue weighted by Crippen LogP contribution is 2.53. The van der Waals surface area contributed by atoms with E-state index in [9.17, 15) is 0 Å². The maximum Gasteiger partial charge on any atom is 0.238 e. The summed E-state index contributed by atoms with van der Waals surface area (Å²) in [6.45, 7) is 2.00. The first kappa shape index (κ1) is 15.2. The molecule has 0 aliphatic heterocycles. The fourth-order valence-electron chi connectivity index (χ4n) is 3.56. The average Bonchev–Trinajstić information content (AvgIpc) is 3.24. The minimum absolute atomic E-state index is 0.143. The van der Waals surface area contributed by atoms with E-state index in [1.54, 1.807) is 7.11 Å². The van der Waals surface area contributed by atoms with Crippen LogP contribution in [0, 0.1) is 6.92 Å². The molecule has 4 aromatic rings. The number of hydrogen-bond donors (Lipinski definition) is 0. The average molecular weight is 346 g/mol. The second-order valence-electron chi connectivity index (χ2n) is 6.79. The summed E-state index contributed by atoms with van der Waals surface area (Å²) in [4.78, 5) is 4.69. The van der Waals surface area contributed by atoms with E-state index in [-0.39, 0.29) is 5.41 Å². The molecule has 0 radical (unpaired) electrons. The van der Waals surface area contributed by atoms with Gasteiger partial charge >= 0.3 is 0 Å². The number of fused-ring (bicyclic) bond motifs is 1. The monoisotopic (exact) mass is 346 g/mol. The van der Waals surface area contributed by atoms with Gasteiger partial charge in [-0.25, -0.2) is 0 Å². The molecular formula is C21H18N2O3. The van der Waals surface area contributed by atoms with Crippen molar-refractivity contribution < 1.29 is 13.7 Å². The van der Waals surface area contributed by atoms with Crippen LogP contribution in [0.5, 0.6) is 5.75 Å². The molecule has 0 saturated heterocycles. The van der Waals surface area contributed by atoms with E-state index in [4.69, 9.17) is 13.7 Å². The summed E-state index contributed by atoms with van der Waals surface area (Å²) < 4.78 is 17.0. The van der Waals surface area contributed by atoms with Crippen molar-refractivity contribution in [2.75, 3.05) is 7.11 Å². The molecule has 2 heterocycles. The quantitative estimate of drug-likeness (QED) is 0.527. The number of aryl methyl sites for hydroxylation is 1. The number of methoxy groups -OCH3 is 1. The molecular weight excluding hydrogens is 328 g/mol. The predicted molar refractivity (Wildman–Crippen MR) is 97.3 cm³/mol. The molecule has 0 spiro atoms. The zero-order valence-electron chi connectivity index (χ0n) is 14.7. The third-order valence-corrected chi connectivity index (χ3v) is 5.26. The van der Waals surface area contributed by atoms with Crippen LogP contribution in [-0.4, -0.2) is 17.3 Å². The van der Waals surface area contributed by atoms with Gasteiger partial charge < -0.3 is 13.7 Å². The number of furan rings is 1. The third-order valence-electron chi connectivity index (χ3n) is 5.26. The van der Waals surface area contributed by atoms with Crippen LogP contribution in [0.1, 0.15) is 29.9 Å². The molecule has 1 aliphatic rings. The minimum atomic E-state index is -0.143. The van der Waals surface area contributed by atoms with Crippen molar-refractivity contribution in [1.82, 2.24) is 10.1 Å². The Hall–Kier alpha value is -3.08. The third kappa shape index (κ3) is 2.17. The first-order valence-electron chi connectivity index (χ1n) is 8.68. The Labute approximate surface area is 150 Å². The molecule has 26 heavy (non-hydrogen) atoms. The summed E-state index contributed by atoms with van der Waals surface area (Å²) in [5, 5.41) is 5.20. The van der Waals surface area contributed by atoms with Gasteiger partial charge in [0, 0.05) is 10.9 Å². The molecule has 0 amide bonds. The Morgan fingerprint density at radius 2 is 1.88 bits per heavy atom. The molecule has 0 N–H and O–H groups in total. The van der Waals surface area contributed by atoms with Crippen molar-refractivity contribution in [3.63, 3.8) is 0 Å². The van der Waals surface area contributed by atoms with Gasteiger partial charge in [0.2, 0.25) is 11.7 Å². The first-order chi connectivity index (χ1) is 12.7. The maximum absolute atomic E-state index is 6.00. The van der Waals surface area contributed by atoms with Crippen LogP contribution in [0.25, 0.3) is 22.6 Å². The molecule has 5 rings (SSSR count). The Morgan fingerprint density at radius 3 is 2.62 bits per heavy atom. The van der Waals surface area contributed by atoms with Crippen molar-refractivity contribution in [1.29, 1.82) is 0 Å². The first-order valence-corrected chi connectivity index (χ1v) is 8.68. The second kappa shape index (κ2) is 5.46.